The van der Waals surface area contributed by atoms with Gasteiger partial charge in [-0.25, -0.2) is 4.98 Å². The number of para-hydroxylation sites is 1. The summed E-state index contributed by atoms with van der Waals surface area (Å²) >= 11 is 1.71. The number of carbonyl (C=O) groups excluding carboxylic acids is 1. The highest BCUT2D eigenvalue weighted by Crippen LogP contribution is 2.26. The van der Waals surface area contributed by atoms with Crippen molar-refractivity contribution >= 4 is 27.5 Å². The zero-order valence-electron chi connectivity index (χ0n) is 12.3. The predicted molar refractivity (Wildman–Crippen MR) is 85.1 cm³/mol. The summed E-state index contributed by atoms with van der Waals surface area (Å²) in [6.45, 7) is 6.86. The van der Waals surface area contributed by atoms with Gasteiger partial charge in [-0.1, -0.05) is 39.3 Å². The topological polar surface area (TPSA) is 42.0 Å². The third-order valence-corrected chi connectivity index (χ3v) is 4.75. The molecule has 0 radical (unpaired) electrons. The van der Waals surface area contributed by atoms with Gasteiger partial charge in [0.1, 0.15) is 0 Å². The van der Waals surface area contributed by atoms with Crippen LogP contribution in [0.1, 0.15) is 44.5 Å². The lowest BCUT2D eigenvalue weighted by molar-refractivity contribution is -0.124. The number of amides is 1. The number of nitrogens with zero attached hydrogens (tertiary/aromatic N) is 1. The highest BCUT2D eigenvalue weighted by atomic mass is 32.1. The second kappa shape index (κ2) is 6.84. The summed E-state index contributed by atoms with van der Waals surface area (Å²) in [7, 11) is 0. The second-order valence-corrected chi connectivity index (χ2v) is 6.42. The summed E-state index contributed by atoms with van der Waals surface area (Å²) in [6, 6.07) is 8.16. The Hall–Kier alpha value is -1.42. The summed E-state index contributed by atoms with van der Waals surface area (Å²) in [5.41, 5.74) is 1.05. The Morgan fingerprint density at radius 1 is 1.35 bits per heavy atom. The van der Waals surface area contributed by atoms with E-state index in [0.29, 0.717) is 6.54 Å². The molecule has 2 unspecified atom stereocenters. The summed E-state index contributed by atoms with van der Waals surface area (Å²) in [6.07, 6.45) is 1.99. The number of thiazole rings is 1. The van der Waals surface area contributed by atoms with E-state index in [0.717, 1.165) is 23.4 Å². The van der Waals surface area contributed by atoms with Crippen molar-refractivity contribution in [3.05, 3.63) is 29.3 Å². The number of fused-ring (bicyclic) bond motifs is 1. The molecule has 0 aliphatic carbocycles. The molecule has 0 saturated carbocycles. The first-order valence-corrected chi connectivity index (χ1v) is 8.06. The van der Waals surface area contributed by atoms with Crippen LogP contribution in [0.15, 0.2) is 24.3 Å². The first kappa shape index (κ1) is 15.0. The molecule has 0 aliphatic rings. The van der Waals surface area contributed by atoms with Gasteiger partial charge in [-0.05, 0) is 18.6 Å². The number of nitrogens with one attached hydrogen (secondary N) is 1. The lowest BCUT2D eigenvalue weighted by Gasteiger charge is -2.13. The van der Waals surface area contributed by atoms with Crippen LogP contribution in [0, 0.1) is 5.92 Å². The van der Waals surface area contributed by atoms with Crippen LogP contribution in [-0.2, 0) is 4.79 Å². The highest BCUT2D eigenvalue weighted by molar-refractivity contribution is 7.18. The molecule has 0 spiro atoms. The fourth-order valence-electron chi connectivity index (χ4n) is 2.18. The van der Waals surface area contributed by atoms with Gasteiger partial charge in [-0.2, -0.15) is 0 Å². The SMILES string of the molecule is CCCC(C)C(=O)NCC(C)c1nc2ccccc2s1. The Morgan fingerprint density at radius 3 is 2.80 bits per heavy atom. The van der Waals surface area contributed by atoms with E-state index in [1.165, 1.54) is 4.70 Å². The van der Waals surface area contributed by atoms with Gasteiger partial charge in [0, 0.05) is 18.4 Å². The maximum Gasteiger partial charge on any atom is 0.222 e. The standard InChI is InChI=1S/C16H22N2OS/c1-4-7-11(2)15(19)17-10-12(3)16-18-13-8-5-6-9-14(13)20-16/h5-6,8-9,11-12H,4,7,10H2,1-3H3,(H,17,19). The number of hydrogen-bond donors (Lipinski definition) is 1. The van der Waals surface area contributed by atoms with Gasteiger partial charge < -0.3 is 5.32 Å². The first-order valence-electron chi connectivity index (χ1n) is 7.25. The molecule has 1 aromatic carbocycles. The summed E-state index contributed by atoms with van der Waals surface area (Å²) in [4.78, 5) is 16.6. The van der Waals surface area contributed by atoms with E-state index in [4.69, 9.17) is 0 Å². The van der Waals surface area contributed by atoms with E-state index in [1.54, 1.807) is 11.3 Å². The highest BCUT2D eigenvalue weighted by Gasteiger charge is 2.15. The molecule has 4 heteroatoms. The van der Waals surface area contributed by atoms with E-state index in [9.17, 15) is 4.79 Å². The number of rotatable bonds is 6. The molecule has 0 fully saturated rings. The fraction of sp³-hybridized carbons (Fsp3) is 0.500. The lowest BCUT2D eigenvalue weighted by Crippen LogP contribution is -2.32. The molecule has 108 valence electrons. The van der Waals surface area contributed by atoms with E-state index < -0.39 is 0 Å². The molecule has 0 aliphatic heterocycles. The van der Waals surface area contributed by atoms with Crippen molar-refractivity contribution in [1.29, 1.82) is 0 Å². The van der Waals surface area contributed by atoms with Crippen molar-refractivity contribution in [2.24, 2.45) is 5.92 Å². The molecule has 20 heavy (non-hydrogen) atoms. The van der Waals surface area contributed by atoms with Crippen LogP contribution in [-0.4, -0.2) is 17.4 Å². The van der Waals surface area contributed by atoms with E-state index in [2.05, 4.69) is 30.2 Å². The normalized spacial score (nSPS) is 14.2. The Morgan fingerprint density at radius 2 is 2.10 bits per heavy atom. The van der Waals surface area contributed by atoms with E-state index in [1.807, 2.05) is 25.1 Å². The molecule has 2 atom stereocenters. The Balaban J connectivity index is 1.94. The van der Waals surface area contributed by atoms with Crippen molar-refractivity contribution in [3.63, 3.8) is 0 Å². The third-order valence-electron chi connectivity index (χ3n) is 3.48. The number of benzene rings is 1. The minimum Gasteiger partial charge on any atom is -0.355 e. The van der Waals surface area contributed by atoms with Gasteiger partial charge >= 0.3 is 0 Å². The van der Waals surface area contributed by atoms with Crippen molar-refractivity contribution < 1.29 is 4.79 Å². The maximum atomic E-state index is 11.9. The minimum absolute atomic E-state index is 0.0996. The zero-order valence-corrected chi connectivity index (χ0v) is 13.2. The molecule has 0 saturated heterocycles. The zero-order chi connectivity index (χ0) is 14.5. The van der Waals surface area contributed by atoms with Crippen molar-refractivity contribution in [3.8, 4) is 0 Å². The van der Waals surface area contributed by atoms with Gasteiger partial charge in [-0.15, -0.1) is 11.3 Å². The van der Waals surface area contributed by atoms with Crippen LogP contribution < -0.4 is 5.32 Å². The van der Waals surface area contributed by atoms with Crippen LogP contribution in [0.2, 0.25) is 0 Å². The molecule has 2 aromatic rings. The molecule has 3 nitrogen and oxygen atoms in total. The molecule has 1 heterocycles. The molecular weight excluding hydrogens is 268 g/mol. The van der Waals surface area contributed by atoms with Crippen LogP contribution in [0.25, 0.3) is 10.2 Å². The monoisotopic (exact) mass is 290 g/mol. The molecule has 1 amide bonds. The van der Waals surface area contributed by atoms with Crippen LogP contribution in [0.4, 0.5) is 0 Å². The third kappa shape index (κ3) is 3.57. The van der Waals surface area contributed by atoms with Crippen molar-refractivity contribution in [2.45, 2.75) is 39.5 Å². The average molecular weight is 290 g/mol. The fourth-order valence-corrected chi connectivity index (χ4v) is 3.20. The summed E-state index contributed by atoms with van der Waals surface area (Å²) in [5.74, 6) is 0.507. The van der Waals surface area contributed by atoms with Gasteiger partial charge in [0.15, 0.2) is 0 Å². The van der Waals surface area contributed by atoms with Gasteiger partial charge in [-0.3, -0.25) is 4.79 Å². The lowest BCUT2D eigenvalue weighted by atomic mass is 10.1. The van der Waals surface area contributed by atoms with E-state index in [-0.39, 0.29) is 17.7 Å². The van der Waals surface area contributed by atoms with Crippen LogP contribution in [0.5, 0.6) is 0 Å². The molecular formula is C16H22N2OS. The minimum atomic E-state index is 0.0996. The molecule has 1 N–H and O–H groups in total. The largest absolute Gasteiger partial charge is 0.355 e. The first-order chi connectivity index (χ1) is 9.61. The van der Waals surface area contributed by atoms with Gasteiger partial charge in [0.2, 0.25) is 5.91 Å². The van der Waals surface area contributed by atoms with Gasteiger partial charge in [0.25, 0.3) is 0 Å². The molecule has 0 bridgehead atoms. The quantitative estimate of drug-likeness (QED) is 0.875. The number of aromatic nitrogens is 1. The maximum absolute atomic E-state index is 11.9. The predicted octanol–water partition coefficient (Wildman–Crippen LogP) is 3.95. The number of hydrogen-bond acceptors (Lipinski definition) is 3. The second-order valence-electron chi connectivity index (χ2n) is 5.36. The van der Waals surface area contributed by atoms with Crippen molar-refractivity contribution in [2.75, 3.05) is 6.54 Å². The van der Waals surface area contributed by atoms with Crippen LogP contribution >= 0.6 is 11.3 Å². The van der Waals surface area contributed by atoms with Crippen LogP contribution in [0.3, 0.4) is 0 Å². The number of carbonyl (C=O) groups is 1. The van der Waals surface area contributed by atoms with Gasteiger partial charge in [0.05, 0.1) is 15.2 Å². The molecule has 2 rings (SSSR count). The van der Waals surface area contributed by atoms with E-state index >= 15 is 0 Å². The molecule has 1 aromatic heterocycles. The average Bonchev–Trinajstić information content (AvgIpc) is 2.88. The Kier molecular flexibility index (Phi) is 5.12. The summed E-state index contributed by atoms with van der Waals surface area (Å²) < 4.78 is 1.21. The van der Waals surface area contributed by atoms with Crippen molar-refractivity contribution in [1.82, 2.24) is 10.3 Å². The smallest absolute Gasteiger partial charge is 0.222 e. The Labute approximate surface area is 124 Å². The summed E-state index contributed by atoms with van der Waals surface area (Å²) in [5, 5.41) is 4.13. The Bertz CT molecular complexity index is 546.